The number of para-hydroxylation sites is 1. The summed E-state index contributed by atoms with van der Waals surface area (Å²) in [6.07, 6.45) is 2.59. The molecular formula is C17H28N2. The summed E-state index contributed by atoms with van der Waals surface area (Å²) in [7, 11) is 0. The van der Waals surface area contributed by atoms with E-state index in [1.165, 1.54) is 42.7 Å². The molecule has 0 aromatic heterocycles. The number of benzene rings is 1. The second kappa shape index (κ2) is 5.54. The summed E-state index contributed by atoms with van der Waals surface area (Å²) in [6.45, 7) is 12.3. The van der Waals surface area contributed by atoms with E-state index < -0.39 is 0 Å². The molecule has 2 heteroatoms. The minimum Gasteiger partial charge on any atom is -0.371 e. The van der Waals surface area contributed by atoms with Crippen LogP contribution in [0.4, 0.5) is 5.69 Å². The Morgan fingerprint density at radius 3 is 2.37 bits per heavy atom. The molecule has 0 aliphatic carbocycles. The molecule has 0 unspecified atom stereocenters. The molecule has 0 saturated carbocycles. The van der Waals surface area contributed by atoms with E-state index in [1.807, 2.05) is 0 Å². The molecule has 1 aliphatic rings. The minimum absolute atomic E-state index is 0.439. The molecule has 1 aromatic rings. The summed E-state index contributed by atoms with van der Waals surface area (Å²) >= 11 is 0. The standard InChI is InChI=1S/C17H28N2/c1-13-6-5-7-14(12-18)16(13)19-10-8-15(9-11-19)17(2,3)4/h5-7,15H,8-12,18H2,1-4H3. The minimum atomic E-state index is 0.439. The van der Waals surface area contributed by atoms with E-state index >= 15 is 0 Å². The molecule has 1 aromatic carbocycles. The van der Waals surface area contributed by atoms with Crippen LogP contribution in [0.25, 0.3) is 0 Å². The van der Waals surface area contributed by atoms with Gasteiger partial charge in [0.05, 0.1) is 0 Å². The van der Waals surface area contributed by atoms with E-state index in [1.54, 1.807) is 0 Å². The molecule has 1 heterocycles. The van der Waals surface area contributed by atoms with E-state index in [-0.39, 0.29) is 0 Å². The predicted molar refractivity (Wildman–Crippen MR) is 83.5 cm³/mol. The number of anilines is 1. The maximum atomic E-state index is 5.90. The lowest BCUT2D eigenvalue weighted by Crippen LogP contribution is -2.38. The Morgan fingerprint density at radius 1 is 1.21 bits per heavy atom. The molecule has 0 atom stereocenters. The van der Waals surface area contributed by atoms with Gasteiger partial charge in [-0.1, -0.05) is 39.0 Å². The number of hydrogen-bond acceptors (Lipinski definition) is 2. The van der Waals surface area contributed by atoms with Crippen molar-refractivity contribution in [2.24, 2.45) is 17.1 Å². The summed E-state index contributed by atoms with van der Waals surface area (Å²) < 4.78 is 0. The van der Waals surface area contributed by atoms with Crippen molar-refractivity contribution in [2.75, 3.05) is 18.0 Å². The van der Waals surface area contributed by atoms with Crippen LogP contribution >= 0.6 is 0 Å². The van der Waals surface area contributed by atoms with Crippen LogP contribution < -0.4 is 10.6 Å². The Hall–Kier alpha value is -1.02. The van der Waals surface area contributed by atoms with Crippen LogP contribution in [0.15, 0.2) is 18.2 Å². The van der Waals surface area contributed by atoms with E-state index in [4.69, 9.17) is 5.73 Å². The van der Waals surface area contributed by atoms with E-state index in [0.29, 0.717) is 12.0 Å². The number of nitrogens with zero attached hydrogens (tertiary/aromatic N) is 1. The van der Waals surface area contributed by atoms with Gasteiger partial charge in [0.15, 0.2) is 0 Å². The molecule has 106 valence electrons. The summed E-state index contributed by atoms with van der Waals surface area (Å²) in [5, 5.41) is 0. The van der Waals surface area contributed by atoms with E-state index in [0.717, 1.165) is 5.92 Å². The zero-order valence-electron chi connectivity index (χ0n) is 12.9. The molecule has 2 N–H and O–H groups in total. The molecule has 1 fully saturated rings. The summed E-state index contributed by atoms with van der Waals surface area (Å²) in [5.41, 5.74) is 10.4. The van der Waals surface area contributed by atoms with Crippen molar-refractivity contribution in [3.8, 4) is 0 Å². The maximum absolute atomic E-state index is 5.90. The van der Waals surface area contributed by atoms with Gasteiger partial charge in [-0.05, 0) is 42.2 Å². The average molecular weight is 260 g/mol. The van der Waals surface area contributed by atoms with Gasteiger partial charge in [-0.2, -0.15) is 0 Å². The molecule has 1 aliphatic heterocycles. The second-order valence-corrected chi connectivity index (χ2v) is 6.91. The van der Waals surface area contributed by atoms with Gasteiger partial charge in [-0.15, -0.1) is 0 Å². The van der Waals surface area contributed by atoms with Crippen LogP contribution in [0.2, 0.25) is 0 Å². The van der Waals surface area contributed by atoms with Crippen molar-refractivity contribution >= 4 is 5.69 Å². The lowest BCUT2D eigenvalue weighted by atomic mass is 9.75. The van der Waals surface area contributed by atoms with Crippen molar-refractivity contribution in [1.29, 1.82) is 0 Å². The van der Waals surface area contributed by atoms with Gasteiger partial charge in [-0.25, -0.2) is 0 Å². The number of hydrogen-bond donors (Lipinski definition) is 1. The van der Waals surface area contributed by atoms with Crippen LogP contribution in [-0.4, -0.2) is 13.1 Å². The first-order valence-corrected chi connectivity index (χ1v) is 7.47. The van der Waals surface area contributed by atoms with Gasteiger partial charge < -0.3 is 10.6 Å². The topological polar surface area (TPSA) is 29.3 Å². The highest BCUT2D eigenvalue weighted by Crippen LogP contribution is 2.37. The summed E-state index contributed by atoms with van der Waals surface area (Å²) in [4.78, 5) is 2.54. The molecule has 0 spiro atoms. The number of rotatable bonds is 2. The van der Waals surface area contributed by atoms with Gasteiger partial charge >= 0.3 is 0 Å². The monoisotopic (exact) mass is 260 g/mol. The van der Waals surface area contributed by atoms with Gasteiger partial charge in [0.25, 0.3) is 0 Å². The van der Waals surface area contributed by atoms with E-state index in [9.17, 15) is 0 Å². The Bertz CT molecular complexity index is 423. The van der Waals surface area contributed by atoms with Crippen molar-refractivity contribution < 1.29 is 0 Å². The molecule has 2 nitrogen and oxygen atoms in total. The SMILES string of the molecule is Cc1cccc(CN)c1N1CCC(C(C)(C)C)CC1. The molecule has 0 bridgehead atoms. The molecule has 2 rings (SSSR count). The zero-order chi connectivity index (χ0) is 14.0. The third-order valence-electron chi connectivity index (χ3n) is 4.58. The highest BCUT2D eigenvalue weighted by atomic mass is 15.1. The predicted octanol–water partition coefficient (Wildman–Crippen LogP) is 3.72. The van der Waals surface area contributed by atoms with Gasteiger partial charge in [0.2, 0.25) is 0 Å². The fraction of sp³-hybridized carbons (Fsp3) is 0.647. The third kappa shape index (κ3) is 3.11. The maximum Gasteiger partial charge on any atom is 0.0441 e. The number of aryl methyl sites for hydroxylation is 1. The van der Waals surface area contributed by atoms with Crippen molar-refractivity contribution in [2.45, 2.75) is 47.1 Å². The first-order valence-electron chi connectivity index (χ1n) is 7.47. The highest BCUT2D eigenvalue weighted by Gasteiger charge is 2.29. The normalized spacial score (nSPS) is 17.8. The fourth-order valence-electron chi connectivity index (χ4n) is 3.31. The molecule has 19 heavy (non-hydrogen) atoms. The van der Waals surface area contributed by atoms with Crippen LogP contribution in [0, 0.1) is 18.3 Å². The molecule has 1 saturated heterocycles. The number of nitrogens with two attached hydrogens (primary N) is 1. The third-order valence-corrected chi connectivity index (χ3v) is 4.58. The lowest BCUT2D eigenvalue weighted by Gasteiger charge is -2.40. The first-order chi connectivity index (χ1) is 8.93. The summed E-state index contributed by atoms with van der Waals surface area (Å²) in [6, 6.07) is 6.48. The lowest BCUT2D eigenvalue weighted by molar-refractivity contribution is 0.199. The van der Waals surface area contributed by atoms with Crippen LogP contribution in [0.5, 0.6) is 0 Å². The first kappa shape index (κ1) is 14.4. The molecule has 0 radical (unpaired) electrons. The molecule has 0 amide bonds. The Balaban J connectivity index is 2.14. The van der Waals surface area contributed by atoms with Crippen molar-refractivity contribution in [3.05, 3.63) is 29.3 Å². The van der Waals surface area contributed by atoms with Gasteiger partial charge in [0.1, 0.15) is 0 Å². The van der Waals surface area contributed by atoms with E-state index in [2.05, 4.69) is 50.8 Å². The molecular weight excluding hydrogens is 232 g/mol. The van der Waals surface area contributed by atoms with Gasteiger partial charge in [-0.3, -0.25) is 0 Å². The van der Waals surface area contributed by atoms with Crippen molar-refractivity contribution in [3.63, 3.8) is 0 Å². The Labute approximate surface area is 118 Å². The second-order valence-electron chi connectivity index (χ2n) is 6.91. The average Bonchev–Trinajstić information content (AvgIpc) is 2.37. The fourth-order valence-corrected chi connectivity index (χ4v) is 3.31. The smallest absolute Gasteiger partial charge is 0.0441 e. The highest BCUT2D eigenvalue weighted by molar-refractivity contribution is 5.59. The van der Waals surface area contributed by atoms with Crippen LogP contribution in [0.3, 0.4) is 0 Å². The van der Waals surface area contributed by atoms with Crippen molar-refractivity contribution in [1.82, 2.24) is 0 Å². The quantitative estimate of drug-likeness (QED) is 0.878. The Morgan fingerprint density at radius 2 is 1.84 bits per heavy atom. The van der Waals surface area contributed by atoms with Gasteiger partial charge in [0, 0.05) is 25.3 Å². The number of piperidine rings is 1. The largest absolute Gasteiger partial charge is 0.371 e. The van der Waals surface area contributed by atoms with Crippen LogP contribution in [0.1, 0.15) is 44.7 Å². The Kier molecular flexibility index (Phi) is 4.19. The van der Waals surface area contributed by atoms with Crippen LogP contribution in [-0.2, 0) is 6.54 Å². The zero-order valence-corrected chi connectivity index (χ0v) is 12.9. The summed E-state index contributed by atoms with van der Waals surface area (Å²) in [5.74, 6) is 0.842.